The van der Waals surface area contributed by atoms with Gasteiger partial charge in [0.05, 0.1) is 0 Å². The number of nitrogens with zero attached hydrogens (tertiary/aromatic N) is 1. The first-order valence-electron chi connectivity index (χ1n) is 7.09. The quantitative estimate of drug-likeness (QED) is 0.781. The highest BCUT2D eigenvalue weighted by atomic mass is 15.2. The van der Waals surface area contributed by atoms with Crippen molar-refractivity contribution in [3.8, 4) is 0 Å². The van der Waals surface area contributed by atoms with Gasteiger partial charge in [0, 0.05) is 12.1 Å². The van der Waals surface area contributed by atoms with E-state index >= 15 is 0 Å². The average molecular weight is 226 g/mol. The summed E-state index contributed by atoms with van der Waals surface area (Å²) in [4.78, 5) is 2.60. The van der Waals surface area contributed by atoms with Crippen molar-refractivity contribution in [2.24, 2.45) is 17.6 Å². The van der Waals surface area contributed by atoms with E-state index in [1.165, 1.54) is 32.2 Å². The van der Waals surface area contributed by atoms with Gasteiger partial charge in [-0.05, 0) is 50.6 Å². The Morgan fingerprint density at radius 2 is 1.94 bits per heavy atom. The van der Waals surface area contributed by atoms with Crippen LogP contribution in [0, 0.1) is 11.8 Å². The Morgan fingerprint density at radius 3 is 2.44 bits per heavy atom. The zero-order valence-electron chi connectivity index (χ0n) is 11.6. The van der Waals surface area contributed by atoms with Gasteiger partial charge in [0.15, 0.2) is 0 Å². The number of nitrogens with two attached hydrogens (primary N) is 1. The molecular formula is C14H30N2. The summed E-state index contributed by atoms with van der Waals surface area (Å²) in [7, 11) is 0. The molecule has 1 saturated carbocycles. The standard InChI is InChI=1S/C14H30N2/c1-5-9-16(6-2)14-10-12(11(3)4)7-8-13(14)15/h11-14H,5-10,15H2,1-4H3. The Kier molecular flexibility index (Phi) is 5.77. The monoisotopic (exact) mass is 226 g/mol. The summed E-state index contributed by atoms with van der Waals surface area (Å²) < 4.78 is 0. The summed E-state index contributed by atoms with van der Waals surface area (Å²) in [5.74, 6) is 1.70. The maximum atomic E-state index is 6.31. The molecule has 96 valence electrons. The number of hydrogen-bond acceptors (Lipinski definition) is 2. The topological polar surface area (TPSA) is 29.3 Å². The van der Waals surface area contributed by atoms with Crippen LogP contribution in [0.5, 0.6) is 0 Å². The van der Waals surface area contributed by atoms with Gasteiger partial charge in [-0.3, -0.25) is 4.90 Å². The molecule has 2 N–H and O–H groups in total. The highest BCUT2D eigenvalue weighted by Gasteiger charge is 2.32. The van der Waals surface area contributed by atoms with Gasteiger partial charge in [-0.25, -0.2) is 0 Å². The highest BCUT2D eigenvalue weighted by molar-refractivity contribution is 4.89. The van der Waals surface area contributed by atoms with Gasteiger partial charge in [-0.15, -0.1) is 0 Å². The SMILES string of the molecule is CCCN(CC)C1CC(C(C)C)CCC1N. The lowest BCUT2D eigenvalue weighted by atomic mass is 9.76. The largest absolute Gasteiger partial charge is 0.326 e. The molecule has 0 saturated heterocycles. The molecule has 0 aromatic heterocycles. The van der Waals surface area contributed by atoms with Crippen molar-refractivity contribution in [2.45, 2.75) is 65.5 Å². The van der Waals surface area contributed by atoms with Crippen molar-refractivity contribution >= 4 is 0 Å². The van der Waals surface area contributed by atoms with Crippen LogP contribution in [0.15, 0.2) is 0 Å². The van der Waals surface area contributed by atoms with Gasteiger partial charge >= 0.3 is 0 Å². The van der Waals surface area contributed by atoms with Crippen molar-refractivity contribution < 1.29 is 0 Å². The summed E-state index contributed by atoms with van der Waals surface area (Å²) in [5, 5.41) is 0. The lowest BCUT2D eigenvalue weighted by Gasteiger charge is -2.42. The van der Waals surface area contributed by atoms with E-state index < -0.39 is 0 Å². The minimum absolute atomic E-state index is 0.404. The van der Waals surface area contributed by atoms with Crippen molar-refractivity contribution in [1.29, 1.82) is 0 Å². The van der Waals surface area contributed by atoms with E-state index in [1.807, 2.05) is 0 Å². The fourth-order valence-electron chi connectivity index (χ4n) is 3.07. The molecule has 0 aliphatic heterocycles. The van der Waals surface area contributed by atoms with E-state index in [4.69, 9.17) is 5.73 Å². The van der Waals surface area contributed by atoms with Gasteiger partial charge in [-0.2, -0.15) is 0 Å². The third kappa shape index (κ3) is 3.46. The maximum absolute atomic E-state index is 6.31. The van der Waals surface area contributed by atoms with Crippen LogP contribution in [0.4, 0.5) is 0 Å². The molecular weight excluding hydrogens is 196 g/mol. The lowest BCUT2D eigenvalue weighted by molar-refractivity contribution is 0.101. The van der Waals surface area contributed by atoms with Crippen LogP contribution in [0.3, 0.4) is 0 Å². The van der Waals surface area contributed by atoms with E-state index in [0.29, 0.717) is 12.1 Å². The first kappa shape index (κ1) is 14.0. The van der Waals surface area contributed by atoms with Gasteiger partial charge in [-0.1, -0.05) is 27.7 Å². The predicted octanol–water partition coefficient (Wildman–Crippen LogP) is 2.87. The molecule has 0 spiro atoms. The molecule has 1 aliphatic rings. The first-order valence-corrected chi connectivity index (χ1v) is 7.09. The second-order valence-electron chi connectivity index (χ2n) is 5.68. The van der Waals surface area contributed by atoms with Crippen molar-refractivity contribution in [3.05, 3.63) is 0 Å². The molecule has 0 bridgehead atoms. The molecule has 2 nitrogen and oxygen atoms in total. The maximum Gasteiger partial charge on any atom is 0.0249 e. The first-order chi connectivity index (χ1) is 7.60. The Balaban J connectivity index is 2.60. The molecule has 0 radical (unpaired) electrons. The van der Waals surface area contributed by atoms with Crippen molar-refractivity contribution in [3.63, 3.8) is 0 Å². The minimum atomic E-state index is 0.404. The Morgan fingerprint density at radius 1 is 1.25 bits per heavy atom. The van der Waals surface area contributed by atoms with E-state index in [0.717, 1.165) is 18.4 Å². The van der Waals surface area contributed by atoms with E-state index in [2.05, 4.69) is 32.6 Å². The summed E-state index contributed by atoms with van der Waals surface area (Å²) >= 11 is 0. The number of likely N-dealkylation sites (N-methyl/N-ethyl adjacent to an activating group) is 1. The molecule has 1 rings (SSSR count). The fourth-order valence-corrected chi connectivity index (χ4v) is 3.07. The number of rotatable bonds is 5. The summed E-state index contributed by atoms with van der Waals surface area (Å²) in [6, 6.07) is 1.03. The van der Waals surface area contributed by atoms with Crippen LogP contribution in [0.1, 0.15) is 53.4 Å². The summed E-state index contributed by atoms with van der Waals surface area (Å²) in [6.45, 7) is 11.6. The van der Waals surface area contributed by atoms with Crippen LogP contribution in [0.25, 0.3) is 0 Å². The van der Waals surface area contributed by atoms with E-state index in [-0.39, 0.29) is 0 Å². The second-order valence-corrected chi connectivity index (χ2v) is 5.68. The van der Waals surface area contributed by atoms with Crippen LogP contribution in [-0.4, -0.2) is 30.1 Å². The lowest BCUT2D eigenvalue weighted by Crippen LogP contribution is -2.52. The number of hydrogen-bond donors (Lipinski definition) is 1. The van der Waals surface area contributed by atoms with Gasteiger partial charge in [0.2, 0.25) is 0 Å². The van der Waals surface area contributed by atoms with Gasteiger partial charge in [0.1, 0.15) is 0 Å². The van der Waals surface area contributed by atoms with E-state index in [9.17, 15) is 0 Å². The van der Waals surface area contributed by atoms with Crippen LogP contribution in [-0.2, 0) is 0 Å². The Hall–Kier alpha value is -0.0800. The molecule has 0 aromatic rings. The van der Waals surface area contributed by atoms with Gasteiger partial charge < -0.3 is 5.73 Å². The van der Waals surface area contributed by atoms with Crippen LogP contribution < -0.4 is 5.73 Å². The molecule has 0 heterocycles. The molecule has 2 heteroatoms. The molecule has 16 heavy (non-hydrogen) atoms. The molecule has 1 fully saturated rings. The third-order valence-electron chi connectivity index (χ3n) is 4.24. The Labute approximate surface area is 102 Å². The van der Waals surface area contributed by atoms with Crippen LogP contribution in [0.2, 0.25) is 0 Å². The minimum Gasteiger partial charge on any atom is -0.326 e. The second kappa shape index (κ2) is 6.61. The van der Waals surface area contributed by atoms with Crippen molar-refractivity contribution in [1.82, 2.24) is 4.90 Å². The molecule has 0 amide bonds. The fraction of sp³-hybridized carbons (Fsp3) is 1.00. The molecule has 1 aliphatic carbocycles. The Bertz CT molecular complexity index is 191. The summed E-state index contributed by atoms with van der Waals surface area (Å²) in [6.07, 6.45) is 5.10. The summed E-state index contributed by atoms with van der Waals surface area (Å²) in [5.41, 5.74) is 6.31. The molecule has 3 atom stereocenters. The smallest absolute Gasteiger partial charge is 0.0249 e. The molecule has 3 unspecified atom stereocenters. The molecule has 0 aromatic carbocycles. The van der Waals surface area contributed by atoms with Gasteiger partial charge in [0.25, 0.3) is 0 Å². The average Bonchev–Trinajstić information content (AvgIpc) is 2.26. The normalized spacial score (nSPS) is 31.3. The van der Waals surface area contributed by atoms with Crippen LogP contribution >= 0.6 is 0 Å². The van der Waals surface area contributed by atoms with Crippen molar-refractivity contribution in [2.75, 3.05) is 13.1 Å². The third-order valence-corrected chi connectivity index (χ3v) is 4.24. The zero-order valence-corrected chi connectivity index (χ0v) is 11.6. The van der Waals surface area contributed by atoms with E-state index in [1.54, 1.807) is 0 Å². The predicted molar refractivity (Wildman–Crippen MR) is 71.5 cm³/mol. The zero-order chi connectivity index (χ0) is 12.1. The highest BCUT2D eigenvalue weighted by Crippen LogP contribution is 2.32.